The number of nitrogens with one attached hydrogen (secondary N) is 1. The van der Waals surface area contributed by atoms with Gasteiger partial charge in [-0.05, 0) is 93.0 Å². The summed E-state index contributed by atoms with van der Waals surface area (Å²) in [6.07, 6.45) is 7.35. The van der Waals surface area contributed by atoms with E-state index in [1.165, 1.54) is 25.3 Å². The molecule has 4 heteroatoms. The molecule has 4 aliphatic rings. The molecule has 0 atom stereocenters. The normalized spacial score (nSPS) is 31.1. The van der Waals surface area contributed by atoms with Gasteiger partial charge in [-0.15, -0.1) is 0 Å². The van der Waals surface area contributed by atoms with Crippen LogP contribution in [0, 0.1) is 30.5 Å². The molecule has 1 heterocycles. The molecule has 27 heavy (non-hydrogen) atoms. The zero-order chi connectivity index (χ0) is 18.6. The molecule has 4 saturated carbocycles. The van der Waals surface area contributed by atoms with E-state index in [0.29, 0.717) is 17.0 Å². The minimum Gasteiger partial charge on any atom is -0.345 e. The van der Waals surface area contributed by atoms with Gasteiger partial charge in [-0.3, -0.25) is 4.79 Å². The second kappa shape index (κ2) is 6.15. The van der Waals surface area contributed by atoms with Crippen molar-refractivity contribution in [2.45, 2.75) is 51.0 Å². The Kier molecular flexibility index (Phi) is 3.85. The van der Waals surface area contributed by atoms with Crippen LogP contribution in [0.5, 0.6) is 0 Å². The number of hydrogen-bond acceptors (Lipinski definition) is 2. The van der Waals surface area contributed by atoms with Gasteiger partial charge in [0, 0.05) is 11.1 Å². The lowest BCUT2D eigenvalue weighted by Gasteiger charge is -2.56. The van der Waals surface area contributed by atoms with E-state index in [-0.39, 0.29) is 17.3 Å². The van der Waals surface area contributed by atoms with Gasteiger partial charge in [0.05, 0.1) is 5.69 Å². The Morgan fingerprint density at radius 1 is 1.07 bits per heavy atom. The lowest BCUT2D eigenvalue weighted by atomic mass is 9.53. The topological polar surface area (TPSA) is 42.0 Å². The summed E-state index contributed by atoms with van der Waals surface area (Å²) in [6, 6.07) is 10.4. The van der Waals surface area contributed by atoms with Crippen LogP contribution in [0.4, 0.5) is 4.39 Å². The van der Waals surface area contributed by atoms with E-state index in [1.807, 2.05) is 13.0 Å². The molecular formula is C23H25FN2O. The molecule has 0 aliphatic heterocycles. The molecule has 6 rings (SSSR count). The number of hydrogen-bond donors (Lipinski definition) is 1. The maximum atomic E-state index is 14.3. The Labute approximate surface area is 159 Å². The summed E-state index contributed by atoms with van der Waals surface area (Å²) < 4.78 is 14.3. The standard InChI is InChI=1S/C23H25FN2O/c1-14-5-6-18(19(24)7-14)20-3-2-4-21(25-20)22(27)26-23-11-15-8-16(12-23)10-17(9-15)13-23/h2-7,15-17H,8-13H2,1H3,(H,26,27). The Morgan fingerprint density at radius 3 is 2.37 bits per heavy atom. The predicted molar refractivity (Wildman–Crippen MR) is 103 cm³/mol. The molecule has 3 nitrogen and oxygen atoms in total. The molecule has 1 amide bonds. The zero-order valence-electron chi connectivity index (χ0n) is 15.7. The average molecular weight is 364 g/mol. The van der Waals surface area contributed by atoms with Crippen molar-refractivity contribution < 1.29 is 9.18 Å². The Balaban J connectivity index is 1.40. The largest absolute Gasteiger partial charge is 0.345 e. The maximum Gasteiger partial charge on any atom is 0.270 e. The Hall–Kier alpha value is -2.23. The minimum atomic E-state index is -0.304. The van der Waals surface area contributed by atoms with Crippen molar-refractivity contribution in [2.75, 3.05) is 0 Å². The molecule has 140 valence electrons. The van der Waals surface area contributed by atoms with Crippen molar-refractivity contribution in [1.82, 2.24) is 10.3 Å². The van der Waals surface area contributed by atoms with Crippen molar-refractivity contribution in [3.05, 3.63) is 53.5 Å². The quantitative estimate of drug-likeness (QED) is 0.842. The van der Waals surface area contributed by atoms with Gasteiger partial charge in [0.15, 0.2) is 0 Å². The summed E-state index contributed by atoms with van der Waals surface area (Å²) in [5.74, 6) is 1.90. The molecule has 1 aromatic heterocycles. The Bertz CT molecular complexity index is 872. The number of carbonyl (C=O) groups excluding carboxylic acids is 1. The summed E-state index contributed by atoms with van der Waals surface area (Å²) in [7, 11) is 0. The molecule has 0 spiro atoms. The maximum absolute atomic E-state index is 14.3. The van der Waals surface area contributed by atoms with Crippen LogP contribution >= 0.6 is 0 Å². The average Bonchev–Trinajstić information content (AvgIpc) is 2.60. The second-order valence-electron chi connectivity index (χ2n) is 9.04. The highest BCUT2D eigenvalue weighted by molar-refractivity contribution is 5.93. The van der Waals surface area contributed by atoms with E-state index in [1.54, 1.807) is 24.3 Å². The third-order valence-corrected chi connectivity index (χ3v) is 6.80. The number of carbonyl (C=O) groups is 1. The molecule has 1 aromatic carbocycles. The fraction of sp³-hybridized carbons (Fsp3) is 0.478. The highest BCUT2D eigenvalue weighted by Gasteiger charge is 2.51. The van der Waals surface area contributed by atoms with Crippen molar-refractivity contribution in [3.63, 3.8) is 0 Å². The van der Waals surface area contributed by atoms with Gasteiger partial charge in [-0.1, -0.05) is 12.1 Å². The van der Waals surface area contributed by atoms with Gasteiger partial charge in [-0.2, -0.15) is 0 Å². The number of pyridine rings is 1. The molecule has 0 unspecified atom stereocenters. The lowest BCUT2D eigenvalue weighted by molar-refractivity contribution is -0.0167. The van der Waals surface area contributed by atoms with E-state index in [0.717, 1.165) is 42.6 Å². The fourth-order valence-electron chi connectivity index (χ4n) is 6.11. The smallest absolute Gasteiger partial charge is 0.270 e. The number of aromatic nitrogens is 1. The van der Waals surface area contributed by atoms with Gasteiger partial charge in [-0.25, -0.2) is 9.37 Å². The summed E-state index contributed by atoms with van der Waals surface area (Å²) in [5.41, 5.74) is 2.14. The summed E-state index contributed by atoms with van der Waals surface area (Å²) >= 11 is 0. The number of amides is 1. The SMILES string of the molecule is Cc1ccc(-c2cccc(C(=O)NC34CC5CC(CC(C5)C3)C4)n2)c(F)c1. The van der Waals surface area contributed by atoms with Crippen molar-refractivity contribution in [3.8, 4) is 11.3 Å². The molecule has 4 bridgehead atoms. The Morgan fingerprint density at radius 2 is 1.74 bits per heavy atom. The van der Waals surface area contributed by atoms with Gasteiger partial charge < -0.3 is 5.32 Å². The van der Waals surface area contributed by atoms with Crippen LogP contribution in [0.2, 0.25) is 0 Å². The summed E-state index contributed by atoms with van der Waals surface area (Å²) in [4.78, 5) is 17.5. The monoisotopic (exact) mass is 364 g/mol. The van der Waals surface area contributed by atoms with E-state index in [9.17, 15) is 9.18 Å². The summed E-state index contributed by atoms with van der Waals surface area (Å²) in [6.45, 7) is 1.86. The first-order valence-electron chi connectivity index (χ1n) is 10.1. The molecular weight excluding hydrogens is 339 g/mol. The van der Waals surface area contributed by atoms with Crippen LogP contribution < -0.4 is 5.32 Å². The van der Waals surface area contributed by atoms with E-state index < -0.39 is 0 Å². The van der Waals surface area contributed by atoms with Gasteiger partial charge in [0.1, 0.15) is 11.5 Å². The number of benzene rings is 1. The predicted octanol–water partition coefficient (Wildman–Crippen LogP) is 4.89. The second-order valence-corrected chi connectivity index (χ2v) is 9.04. The van der Waals surface area contributed by atoms with Crippen molar-refractivity contribution in [1.29, 1.82) is 0 Å². The van der Waals surface area contributed by atoms with Gasteiger partial charge in [0.25, 0.3) is 5.91 Å². The highest BCUT2D eigenvalue weighted by Crippen LogP contribution is 2.55. The molecule has 4 aliphatic carbocycles. The first-order chi connectivity index (χ1) is 13.0. The highest BCUT2D eigenvalue weighted by atomic mass is 19.1. The minimum absolute atomic E-state index is 0.0430. The summed E-state index contributed by atoms with van der Waals surface area (Å²) in [5, 5.41) is 3.35. The van der Waals surface area contributed by atoms with Gasteiger partial charge in [0.2, 0.25) is 0 Å². The van der Waals surface area contributed by atoms with E-state index in [2.05, 4.69) is 10.3 Å². The lowest BCUT2D eigenvalue weighted by Crippen LogP contribution is -2.59. The van der Waals surface area contributed by atoms with Gasteiger partial charge >= 0.3 is 0 Å². The first kappa shape index (κ1) is 16.9. The van der Waals surface area contributed by atoms with E-state index >= 15 is 0 Å². The van der Waals surface area contributed by atoms with Crippen LogP contribution in [0.1, 0.15) is 54.6 Å². The zero-order valence-corrected chi connectivity index (χ0v) is 15.7. The van der Waals surface area contributed by atoms with E-state index in [4.69, 9.17) is 0 Å². The fourth-order valence-corrected chi connectivity index (χ4v) is 6.11. The molecule has 1 N–H and O–H groups in total. The van der Waals surface area contributed by atoms with Crippen LogP contribution in [0.3, 0.4) is 0 Å². The molecule has 0 radical (unpaired) electrons. The van der Waals surface area contributed by atoms with Crippen LogP contribution in [0.25, 0.3) is 11.3 Å². The third kappa shape index (κ3) is 3.05. The van der Waals surface area contributed by atoms with Crippen LogP contribution in [0.15, 0.2) is 36.4 Å². The third-order valence-electron chi connectivity index (χ3n) is 6.80. The molecule has 2 aromatic rings. The number of nitrogens with zero attached hydrogens (tertiary/aromatic N) is 1. The van der Waals surface area contributed by atoms with Crippen LogP contribution in [-0.4, -0.2) is 16.4 Å². The number of aryl methyl sites for hydroxylation is 1. The number of halogens is 1. The van der Waals surface area contributed by atoms with Crippen molar-refractivity contribution in [2.24, 2.45) is 17.8 Å². The van der Waals surface area contributed by atoms with Crippen LogP contribution in [-0.2, 0) is 0 Å². The number of rotatable bonds is 3. The molecule has 0 saturated heterocycles. The molecule has 4 fully saturated rings. The van der Waals surface area contributed by atoms with Crippen molar-refractivity contribution >= 4 is 5.91 Å². The first-order valence-corrected chi connectivity index (χ1v) is 10.1.